The highest BCUT2D eigenvalue weighted by atomic mass is 16.5. The van der Waals surface area contributed by atoms with Gasteiger partial charge in [-0.3, -0.25) is 19.4 Å². The number of hydrogen-bond donors (Lipinski definition) is 1. The molecule has 1 atom stereocenters. The van der Waals surface area contributed by atoms with Crippen LogP contribution in [0.15, 0.2) is 18.5 Å². The Morgan fingerprint density at radius 2 is 2.05 bits per heavy atom. The number of carbonyl (C=O) groups excluding carboxylic acids is 2. The van der Waals surface area contributed by atoms with Crippen LogP contribution in [0.1, 0.15) is 35.2 Å². The van der Waals surface area contributed by atoms with Crippen LogP contribution >= 0.6 is 0 Å². The van der Waals surface area contributed by atoms with Crippen LogP contribution in [0, 0.1) is 12.8 Å². The number of ketones is 2. The monoisotopic (exact) mass is 293 g/mol. The van der Waals surface area contributed by atoms with Gasteiger partial charge in [0.25, 0.3) is 0 Å². The fraction of sp³-hybridized carbons (Fsp3) is 0.467. The first-order valence-corrected chi connectivity index (χ1v) is 6.65. The van der Waals surface area contributed by atoms with Crippen molar-refractivity contribution in [1.82, 2.24) is 4.98 Å². The van der Waals surface area contributed by atoms with Crippen LogP contribution in [0.2, 0.25) is 0 Å². The van der Waals surface area contributed by atoms with Crippen molar-refractivity contribution in [2.24, 2.45) is 5.92 Å². The van der Waals surface area contributed by atoms with Gasteiger partial charge in [-0.05, 0) is 31.4 Å². The van der Waals surface area contributed by atoms with Gasteiger partial charge in [0.1, 0.15) is 6.61 Å². The number of aliphatic carboxylic acids is 1. The number of nitrogens with zero attached hydrogens (tertiary/aromatic N) is 1. The molecule has 0 radical (unpaired) electrons. The molecule has 0 aromatic carbocycles. The number of carboxylic acid groups (broad SMARTS) is 1. The molecule has 0 bridgehead atoms. The minimum atomic E-state index is -0.947. The highest BCUT2D eigenvalue weighted by Crippen LogP contribution is 2.17. The Kier molecular flexibility index (Phi) is 6.68. The molecule has 6 nitrogen and oxygen atoms in total. The van der Waals surface area contributed by atoms with Crippen molar-refractivity contribution >= 4 is 17.5 Å². The van der Waals surface area contributed by atoms with Gasteiger partial charge in [0.05, 0.1) is 5.92 Å². The molecule has 0 aliphatic carbocycles. The third-order valence-corrected chi connectivity index (χ3v) is 3.03. The van der Waals surface area contributed by atoms with Crippen molar-refractivity contribution in [2.75, 3.05) is 13.7 Å². The van der Waals surface area contributed by atoms with E-state index in [-0.39, 0.29) is 37.4 Å². The SMILES string of the molecule is COCC(=O)C(CCCC(=O)O)C(=O)c1cncc(C)c1. The zero-order valence-electron chi connectivity index (χ0n) is 12.2. The lowest BCUT2D eigenvalue weighted by atomic mass is 9.89. The van der Waals surface area contributed by atoms with E-state index in [1.165, 1.54) is 13.3 Å². The topological polar surface area (TPSA) is 93.6 Å². The van der Waals surface area contributed by atoms with Gasteiger partial charge in [-0.2, -0.15) is 0 Å². The van der Waals surface area contributed by atoms with Crippen molar-refractivity contribution in [3.8, 4) is 0 Å². The lowest BCUT2D eigenvalue weighted by Gasteiger charge is -2.14. The molecule has 1 heterocycles. The molecule has 0 amide bonds. The average Bonchev–Trinajstić information content (AvgIpc) is 2.43. The molecule has 1 unspecified atom stereocenters. The number of aryl methyl sites for hydroxylation is 1. The van der Waals surface area contributed by atoms with E-state index >= 15 is 0 Å². The zero-order valence-corrected chi connectivity index (χ0v) is 12.2. The van der Waals surface area contributed by atoms with Gasteiger partial charge in [0.15, 0.2) is 11.6 Å². The summed E-state index contributed by atoms with van der Waals surface area (Å²) in [5.74, 6) is -2.50. The second-order valence-electron chi connectivity index (χ2n) is 4.85. The van der Waals surface area contributed by atoms with E-state index in [1.54, 1.807) is 19.2 Å². The molecular weight excluding hydrogens is 274 g/mol. The summed E-state index contributed by atoms with van der Waals surface area (Å²) in [7, 11) is 1.38. The standard InChI is InChI=1S/C15H19NO5/c1-10-6-11(8-16-7-10)15(20)12(13(17)9-21-2)4-3-5-14(18)19/h6-8,12H,3-5,9H2,1-2H3,(H,18,19). The zero-order chi connectivity index (χ0) is 15.8. The minimum absolute atomic E-state index is 0.0733. The normalized spacial score (nSPS) is 11.9. The lowest BCUT2D eigenvalue weighted by Crippen LogP contribution is -2.27. The molecule has 21 heavy (non-hydrogen) atoms. The number of rotatable bonds is 9. The molecule has 0 aliphatic rings. The highest BCUT2D eigenvalue weighted by Gasteiger charge is 2.27. The number of aromatic nitrogens is 1. The van der Waals surface area contributed by atoms with Crippen LogP contribution in [-0.2, 0) is 14.3 Å². The van der Waals surface area contributed by atoms with Crippen LogP contribution in [0.3, 0.4) is 0 Å². The summed E-state index contributed by atoms with van der Waals surface area (Å²) in [5, 5.41) is 8.66. The molecule has 114 valence electrons. The van der Waals surface area contributed by atoms with Crippen molar-refractivity contribution in [3.05, 3.63) is 29.6 Å². The highest BCUT2D eigenvalue weighted by molar-refractivity contribution is 6.10. The summed E-state index contributed by atoms with van der Waals surface area (Å²) in [6.45, 7) is 1.64. The maximum Gasteiger partial charge on any atom is 0.303 e. The van der Waals surface area contributed by atoms with E-state index in [0.29, 0.717) is 5.56 Å². The van der Waals surface area contributed by atoms with Crippen LogP contribution < -0.4 is 0 Å². The summed E-state index contributed by atoms with van der Waals surface area (Å²) >= 11 is 0. The predicted molar refractivity (Wildman–Crippen MR) is 75.2 cm³/mol. The van der Waals surface area contributed by atoms with Gasteiger partial charge in [0, 0.05) is 31.5 Å². The third-order valence-electron chi connectivity index (χ3n) is 3.03. The smallest absolute Gasteiger partial charge is 0.303 e. The van der Waals surface area contributed by atoms with E-state index in [9.17, 15) is 14.4 Å². The number of carboxylic acids is 1. The first-order valence-electron chi connectivity index (χ1n) is 6.65. The Morgan fingerprint density at radius 3 is 2.62 bits per heavy atom. The molecule has 0 saturated heterocycles. The second-order valence-corrected chi connectivity index (χ2v) is 4.85. The largest absolute Gasteiger partial charge is 0.481 e. The van der Waals surface area contributed by atoms with Crippen molar-refractivity contribution in [1.29, 1.82) is 0 Å². The average molecular weight is 293 g/mol. The number of pyridine rings is 1. The third kappa shape index (κ3) is 5.43. The predicted octanol–water partition coefficient (Wildman–Crippen LogP) is 1.66. The van der Waals surface area contributed by atoms with Crippen molar-refractivity contribution in [3.63, 3.8) is 0 Å². The Labute approximate surface area is 123 Å². The maximum absolute atomic E-state index is 12.4. The van der Waals surface area contributed by atoms with Gasteiger partial charge in [0.2, 0.25) is 0 Å². The number of ether oxygens (including phenoxy) is 1. The van der Waals surface area contributed by atoms with Gasteiger partial charge >= 0.3 is 5.97 Å². The first kappa shape index (κ1) is 17.0. The van der Waals surface area contributed by atoms with Gasteiger partial charge < -0.3 is 9.84 Å². The summed E-state index contributed by atoms with van der Waals surface area (Å²) in [5.41, 5.74) is 1.18. The molecule has 1 aromatic heterocycles. The van der Waals surface area contributed by atoms with Crippen LogP contribution in [0.5, 0.6) is 0 Å². The van der Waals surface area contributed by atoms with Gasteiger partial charge in [-0.15, -0.1) is 0 Å². The van der Waals surface area contributed by atoms with E-state index in [2.05, 4.69) is 4.98 Å². The Balaban J connectivity index is 2.86. The van der Waals surface area contributed by atoms with Crippen LogP contribution in [0.25, 0.3) is 0 Å². The molecule has 0 aliphatic heterocycles. The Hall–Kier alpha value is -2.08. The number of Topliss-reactive ketones (excluding diaryl/α,β-unsaturated/α-hetero) is 2. The summed E-state index contributed by atoms with van der Waals surface area (Å²) in [6.07, 6.45) is 3.42. The van der Waals surface area contributed by atoms with E-state index in [0.717, 1.165) is 5.56 Å². The van der Waals surface area contributed by atoms with Crippen molar-refractivity contribution in [2.45, 2.75) is 26.2 Å². The van der Waals surface area contributed by atoms with E-state index < -0.39 is 11.9 Å². The Bertz CT molecular complexity index is 527. The Morgan fingerprint density at radius 1 is 1.33 bits per heavy atom. The number of hydrogen-bond acceptors (Lipinski definition) is 5. The summed E-state index contributed by atoms with van der Waals surface area (Å²) < 4.78 is 4.79. The molecule has 0 spiro atoms. The molecule has 1 rings (SSSR count). The fourth-order valence-electron chi connectivity index (χ4n) is 2.03. The van der Waals surface area contributed by atoms with Crippen molar-refractivity contribution < 1.29 is 24.2 Å². The van der Waals surface area contributed by atoms with E-state index in [1.807, 2.05) is 0 Å². The maximum atomic E-state index is 12.4. The van der Waals surface area contributed by atoms with Crippen LogP contribution in [-0.4, -0.2) is 41.3 Å². The van der Waals surface area contributed by atoms with Gasteiger partial charge in [-0.1, -0.05) is 0 Å². The molecule has 0 saturated carbocycles. The second kappa shape index (κ2) is 8.26. The van der Waals surface area contributed by atoms with Crippen LogP contribution in [0.4, 0.5) is 0 Å². The van der Waals surface area contributed by atoms with E-state index in [4.69, 9.17) is 9.84 Å². The molecule has 6 heteroatoms. The molecule has 0 fully saturated rings. The fourth-order valence-corrected chi connectivity index (χ4v) is 2.03. The number of methoxy groups -OCH3 is 1. The molecule has 1 N–H and O–H groups in total. The van der Waals surface area contributed by atoms with Gasteiger partial charge in [-0.25, -0.2) is 0 Å². The summed E-state index contributed by atoms with van der Waals surface area (Å²) in [6, 6.07) is 1.67. The summed E-state index contributed by atoms with van der Waals surface area (Å²) in [4.78, 5) is 38.9. The quantitative estimate of drug-likeness (QED) is 0.549. The number of carbonyl (C=O) groups is 3. The first-order chi connectivity index (χ1) is 9.95. The molecule has 1 aromatic rings. The molecular formula is C15H19NO5. The minimum Gasteiger partial charge on any atom is -0.481 e. The lowest BCUT2D eigenvalue weighted by molar-refractivity contribution is -0.137.